The van der Waals surface area contributed by atoms with E-state index in [0.29, 0.717) is 23.6 Å². The summed E-state index contributed by atoms with van der Waals surface area (Å²) in [5.74, 6) is 1.88. The highest BCUT2D eigenvalue weighted by atomic mass is 16.5. The van der Waals surface area contributed by atoms with Gasteiger partial charge in [0.05, 0.1) is 26.9 Å². The number of amides is 1. The van der Waals surface area contributed by atoms with Crippen molar-refractivity contribution in [3.8, 4) is 28.4 Å². The molecular formula is C22H22N2O4. The van der Waals surface area contributed by atoms with Crippen LogP contribution >= 0.6 is 0 Å². The van der Waals surface area contributed by atoms with E-state index in [0.717, 1.165) is 22.4 Å². The van der Waals surface area contributed by atoms with E-state index in [2.05, 4.69) is 10.3 Å². The Balaban J connectivity index is 1.75. The van der Waals surface area contributed by atoms with Gasteiger partial charge >= 0.3 is 0 Å². The summed E-state index contributed by atoms with van der Waals surface area (Å²) in [5, 5.41) is 2.90. The second kappa shape index (κ2) is 8.90. The lowest BCUT2D eigenvalue weighted by atomic mass is 10.1. The van der Waals surface area contributed by atoms with Crippen LogP contribution in [0.1, 0.15) is 15.9 Å². The van der Waals surface area contributed by atoms with Gasteiger partial charge in [-0.15, -0.1) is 0 Å². The molecule has 0 saturated heterocycles. The van der Waals surface area contributed by atoms with Crippen molar-refractivity contribution in [3.05, 3.63) is 72.1 Å². The zero-order valence-electron chi connectivity index (χ0n) is 16.1. The number of nitrogens with one attached hydrogen (secondary N) is 1. The van der Waals surface area contributed by atoms with Crippen LogP contribution in [0.4, 0.5) is 0 Å². The normalized spacial score (nSPS) is 10.2. The van der Waals surface area contributed by atoms with Gasteiger partial charge in [0.1, 0.15) is 17.2 Å². The maximum Gasteiger partial charge on any atom is 0.253 e. The van der Waals surface area contributed by atoms with Gasteiger partial charge in [-0.3, -0.25) is 9.78 Å². The molecule has 144 valence electrons. The Morgan fingerprint density at radius 1 is 0.857 bits per heavy atom. The molecule has 0 saturated carbocycles. The van der Waals surface area contributed by atoms with Crippen molar-refractivity contribution in [2.24, 2.45) is 0 Å². The molecule has 1 amide bonds. The van der Waals surface area contributed by atoms with Gasteiger partial charge in [0.15, 0.2) is 0 Å². The van der Waals surface area contributed by atoms with Crippen molar-refractivity contribution >= 4 is 5.91 Å². The number of carbonyl (C=O) groups excluding carboxylic acids is 1. The van der Waals surface area contributed by atoms with Gasteiger partial charge in [0, 0.05) is 30.6 Å². The summed E-state index contributed by atoms with van der Waals surface area (Å²) in [6, 6.07) is 14.9. The molecule has 0 aliphatic carbocycles. The molecule has 0 fully saturated rings. The third-order valence-corrected chi connectivity index (χ3v) is 4.27. The van der Waals surface area contributed by atoms with Crippen molar-refractivity contribution in [1.29, 1.82) is 0 Å². The van der Waals surface area contributed by atoms with Gasteiger partial charge in [-0.05, 0) is 41.5 Å². The van der Waals surface area contributed by atoms with E-state index in [1.807, 2.05) is 42.5 Å². The maximum atomic E-state index is 12.6. The zero-order valence-corrected chi connectivity index (χ0v) is 16.1. The molecule has 6 heteroatoms. The SMILES string of the molecule is COc1cc(CNC(=O)c2cncc(-c3cccc(OC)c3)c2)cc(OC)c1. The Bertz CT molecular complexity index is 950. The van der Waals surface area contributed by atoms with Gasteiger partial charge in [-0.1, -0.05) is 12.1 Å². The van der Waals surface area contributed by atoms with Crippen LogP contribution in [0.5, 0.6) is 17.2 Å². The van der Waals surface area contributed by atoms with Crippen LogP contribution in [0.25, 0.3) is 11.1 Å². The Labute approximate surface area is 164 Å². The first-order valence-corrected chi connectivity index (χ1v) is 8.72. The lowest BCUT2D eigenvalue weighted by molar-refractivity contribution is 0.0950. The number of ether oxygens (including phenoxy) is 3. The summed E-state index contributed by atoms with van der Waals surface area (Å²) in [5.41, 5.74) is 3.13. The Morgan fingerprint density at radius 2 is 1.57 bits per heavy atom. The van der Waals surface area contributed by atoms with Crippen LogP contribution in [0.3, 0.4) is 0 Å². The third kappa shape index (κ3) is 4.59. The number of methoxy groups -OCH3 is 3. The molecule has 0 radical (unpaired) electrons. The summed E-state index contributed by atoms with van der Waals surface area (Å²) in [7, 11) is 4.80. The Morgan fingerprint density at radius 3 is 2.25 bits per heavy atom. The van der Waals surface area contributed by atoms with Crippen molar-refractivity contribution in [2.45, 2.75) is 6.54 Å². The molecule has 0 atom stereocenters. The first-order valence-electron chi connectivity index (χ1n) is 8.72. The van der Waals surface area contributed by atoms with Crippen molar-refractivity contribution in [1.82, 2.24) is 10.3 Å². The van der Waals surface area contributed by atoms with Gasteiger partial charge < -0.3 is 19.5 Å². The largest absolute Gasteiger partial charge is 0.497 e. The monoisotopic (exact) mass is 378 g/mol. The quantitative estimate of drug-likeness (QED) is 0.679. The van der Waals surface area contributed by atoms with E-state index in [-0.39, 0.29) is 5.91 Å². The molecule has 6 nitrogen and oxygen atoms in total. The number of hydrogen-bond donors (Lipinski definition) is 1. The molecule has 1 aromatic heterocycles. The molecule has 0 aliphatic heterocycles. The predicted octanol–water partition coefficient (Wildman–Crippen LogP) is 3.70. The van der Waals surface area contributed by atoms with Gasteiger partial charge in [0.2, 0.25) is 0 Å². The smallest absolute Gasteiger partial charge is 0.253 e. The van der Waals surface area contributed by atoms with Gasteiger partial charge in [-0.25, -0.2) is 0 Å². The predicted molar refractivity (Wildman–Crippen MR) is 107 cm³/mol. The van der Waals surface area contributed by atoms with Crippen molar-refractivity contribution in [2.75, 3.05) is 21.3 Å². The molecular weight excluding hydrogens is 356 g/mol. The fraction of sp³-hybridized carbons (Fsp3) is 0.182. The molecule has 3 aromatic rings. The van der Waals surface area contributed by atoms with E-state index < -0.39 is 0 Å². The zero-order chi connectivity index (χ0) is 19.9. The highest BCUT2D eigenvalue weighted by Gasteiger charge is 2.10. The number of carbonyl (C=O) groups is 1. The lowest BCUT2D eigenvalue weighted by Crippen LogP contribution is -2.23. The van der Waals surface area contributed by atoms with Gasteiger partial charge in [0.25, 0.3) is 5.91 Å². The molecule has 0 aliphatic rings. The summed E-state index contributed by atoms with van der Waals surface area (Å²) >= 11 is 0. The minimum atomic E-state index is -0.209. The summed E-state index contributed by atoms with van der Waals surface area (Å²) in [6.45, 7) is 0.343. The third-order valence-electron chi connectivity index (χ3n) is 4.27. The topological polar surface area (TPSA) is 69.7 Å². The number of aromatic nitrogens is 1. The molecule has 0 unspecified atom stereocenters. The second-order valence-electron chi connectivity index (χ2n) is 6.10. The van der Waals surface area contributed by atoms with Crippen LogP contribution in [-0.2, 0) is 6.54 Å². The minimum Gasteiger partial charge on any atom is -0.497 e. The molecule has 1 heterocycles. The summed E-state index contributed by atoms with van der Waals surface area (Å²) in [4.78, 5) is 16.8. The second-order valence-corrected chi connectivity index (χ2v) is 6.10. The average Bonchev–Trinajstić information content (AvgIpc) is 2.77. The van der Waals surface area contributed by atoms with E-state index in [4.69, 9.17) is 14.2 Å². The first kappa shape index (κ1) is 19.2. The average molecular weight is 378 g/mol. The lowest BCUT2D eigenvalue weighted by Gasteiger charge is -2.10. The highest BCUT2D eigenvalue weighted by Crippen LogP contribution is 2.24. The fourth-order valence-electron chi connectivity index (χ4n) is 2.78. The van der Waals surface area contributed by atoms with Crippen LogP contribution in [0, 0.1) is 0 Å². The molecule has 2 aromatic carbocycles. The van der Waals surface area contributed by atoms with E-state index in [9.17, 15) is 4.79 Å². The fourth-order valence-corrected chi connectivity index (χ4v) is 2.78. The number of benzene rings is 2. The Kier molecular flexibility index (Phi) is 6.11. The molecule has 28 heavy (non-hydrogen) atoms. The van der Waals surface area contributed by atoms with Gasteiger partial charge in [-0.2, -0.15) is 0 Å². The van der Waals surface area contributed by atoms with Crippen LogP contribution in [0.15, 0.2) is 60.9 Å². The Hall–Kier alpha value is -3.54. The minimum absolute atomic E-state index is 0.209. The van der Waals surface area contributed by atoms with Crippen molar-refractivity contribution < 1.29 is 19.0 Å². The molecule has 0 bridgehead atoms. The van der Waals surface area contributed by atoms with Crippen LogP contribution in [0.2, 0.25) is 0 Å². The van der Waals surface area contributed by atoms with Crippen molar-refractivity contribution in [3.63, 3.8) is 0 Å². The maximum absolute atomic E-state index is 12.6. The van der Waals surface area contributed by atoms with Crippen LogP contribution < -0.4 is 19.5 Å². The standard InChI is InChI=1S/C22H22N2O4/c1-26-19-6-4-5-16(10-19)17-9-18(14-23-13-17)22(25)24-12-15-7-20(27-2)11-21(8-15)28-3/h4-11,13-14H,12H2,1-3H3,(H,24,25). The molecule has 1 N–H and O–H groups in total. The molecule has 3 rings (SSSR count). The number of rotatable bonds is 7. The van der Waals surface area contributed by atoms with E-state index in [1.165, 1.54) is 0 Å². The highest BCUT2D eigenvalue weighted by molar-refractivity contribution is 5.95. The number of nitrogens with zero attached hydrogens (tertiary/aromatic N) is 1. The number of pyridine rings is 1. The molecule has 0 spiro atoms. The summed E-state index contributed by atoms with van der Waals surface area (Å²) in [6.07, 6.45) is 3.27. The number of hydrogen-bond acceptors (Lipinski definition) is 5. The van der Waals surface area contributed by atoms with Crippen LogP contribution in [-0.4, -0.2) is 32.2 Å². The summed E-state index contributed by atoms with van der Waals surface area (Å²) < 4.78 is 15.8. The van der Waals surface area contributed by atoms with E-state index in [1.54, 1.807) is 39.8 Å². The first-order chi connectivity index (χ1) is 13.6. The van der Waals surface area contributed by atoms with E-state index >= 15 is 0 Å².